The molecule has 0 bridgehead atoms. The van der Waals surface area contributed by atoms with Gasteiger partial charge in [0, 0.05) is 30.2 Å². The molecule has 0 spiro atoms. The monoisotopic (exact) mass is 496 g/mol. The van der Waals surface area contributed by atoms with Crippen molar-refractivity contribution in [3.63, 3.8) is 0 Å². The lowest BCUT2D eigenvalue weighted by Crippen LogP contribution is -2.47. The molecule has 0 unspecified atom stereocenters. The molecule has 2 aliphatic rings. The van der Waals surface area contributed by atoms with Gasteiger partial charge in [-0.2, -0.15) is 8.42 Å². The zero-order valence-corrected chi connectivity index (χ0v) is 19.3. The highest BCUT2D eigenvalue weighted by molar-refractivity contribution is 7.90. The van der Waals surface area contributed by atoms with E-state index in [1.165, 1.54) is 24.3 Å². The molecule has 1 saturated heterocycles. The first-order valence-corrected chi connectivity index (χ1v) is 13.2. The maximum Gasteiger partial charge on any atom is 0.285 e. The van der Waals surface area contributed by atoms with E-state index in [4.69, 9.17) is 11.6 Å². The van der Waals surface area contributed by atoms with Gasteiger partial charge in [-0.05, 0) is 43.2 Å². The first-order chi connectivity index (χ1) is 15.2. The van der Waals surface area contributed by atoms with E-state index in [0.717, 1.165) is 0 Å². The van der Waals surface area contributed by atoms with Crippen LogP contribution >= 0.6 is 11.6 Å². The summed E-state index contributed by atoms with van der Waals surface area (Å²) in [6.45, 7) is 0.567. The van der Waals surface area contributed by atoms with Gasteiger partial charge >= 0.3 is 0 Å². The van der Waals surface area contributed by atoms with Crippen LogP contribution in [0.4, 0.5) is 0 Å². The Kier molecular flexibility index (Phi) is 6.26. The second-order valence-corrected chi connectivity index (χ2v) is 11.2. The van der Waals surface area contributed by atoms with Gasteiger partial charge in [0.25, 0.3) is 10.0 Å². The van der Waals surface area contributed by atoms with Crippen molar-refractivity contribution in [2.45, 2.75) is 28.7 Å². The molecule has 32 heavy (non-hydrogen) atoms. The molecule has 4 rings (SSSR count). The molecule has 2 aliphatic heterocycles. The number of carbonyl (C=O) groups excluding carboxylic acids is 1. The molecule has 170 valence electrons. The fourth-order valence-corrected chi connectivity index (χ4v) is 6.34. The van der Waals surface area contributed by atoms with E-state index in [-0.39, 0.29) is 34.6 Å². The zero-order valence-electron chi connectivity index (χ0n) is 16.9. The molecule has 2 aromatic rings. The number of carbonyl (C=O) groups is 1. The third-order valence-corrected chi connectivity index (χ3v) is 8.28. The number of sulfonamides is 2. The Morgan fingerprint density at radius 2 is 1.94 bits per heavy atom. The molecular formula is C20H21ClN4O5S2. The minimum absolute atomic E-state index is 0.00847. The van der Waals surface area contributed by atoms with Gasteiger partial charge in [-0.1, -0.05) is 29.8 Å². The Bertz CT molecular complexity index is 1290. The molecule has 0 radical (unpaired) electrons. The average molecular weight is 497 g/mol. The highest BCUT2D eigenvalue weighted by Crippen LogP contribution is 2.31. The summed E-state index contributed by atoms with van der Waals surface area (Å²) in [4.78, 5) is 14.7. The minimum Gasteiger partial charge on any atom is -0.353 e. The van der Waals surface area contributed by atoms with Crippen LogP contribution in [0.2, 0.25) is 5.02 Å². The van der Waals surface area contributed by atoms with Crippen molar-refractivity contribution < 1.29 is 21.6 Å². The summed E-state index contributed by atoms with van der Waals surface area (Å²) < 4.78 is 55.7. The fourth-order valence-electron chi connectivity index (χ4n) is 3.79. The zero-order chi connectivity index (χ0) is 22.9. The van der Waals surface area contributed by atoms with Crippen molar-refractivity contribution in [3.8, 4) is 0 Å². The van der Waals surface area contributed by atoms with Crippen molar-refractivity contribution in [2.24, 2.45) is 4.40 Å². The number of amidine groups is 1. The first kappa shape index (κ1) is 22.7. The number of hydrogen-bond donors (Lipinski definition) is 2. The van der Waals surface area contributed by atoms with Gasteiger partial charge in [-0.3, -0.25) is 4.79 Å². The van der Waals surface area contributed by atoms with E-state index in [1.54, 1.807) is 29.2 Å². The van der Waals surface area contributed by atoms with Crippen LogP contribution in [0.3, 0.4) is 0 Å². The molecular weight excluding hydrogens is 476 g/mol. The molecule has 0 saturated carbocycles. The van der Waals surface area contributed by atoms with Crippen molar-refractivity contribution >= 4 is 43.4 Å². The summed E-state index contributed by atoms with van der Waals surface area (Å²) in [5, 5.41) is 3.03. The number of likely N-dealkylation sites (tertiary alicyclic amines) is 1. The Balaban J connectivity index is 1.38. The van der Waals surface area contributed by atoms with E-state index in [9.17, 15) is 21.6 Å². The summed E-state index contributed by atoms with van der Waals surface area (Å²) >= 11 is 5.84. The smallest absolute Gasteiger partial charge is 0.285 e. The number of benzene rings is 2. The van der Waals surface area contributed by atoms with Crippen LogP contribution in [0.15, 0.2) is 62.7 Å². The molecule has 1 fully saturated rings. The van der Waals surface area contributed by atoms with Crippen LogP contribution in [-0.4, -0.2) is 59.2 Å². The standard InChI is InChI=1S/C20H21ClN4O5S2/c21-14-5-3-6-15(13-14)31(27,28)23-11-10-22-20(26)17-8-4-12-25(17)19-16-7-1-2-9-18(16)32(29,30)24-19/h1-3,5-7,9,13,17,23H,4,8,10-12H2,(H,22,26)/t17-/m0/s1. The molecule has 2 N–H and O–H groups in total. The van der Waals surface area contributed by atoms with Crippen LogP contribution in [0.5, 0.6) is 0 Å². The third-order valence-electron chi connectivity index (χ3n) is 5.26. The molecule has 2 aromatic carbocycles. The third kappa shape index (κ3) is 4.51. The highest BCUT2D eigenvalue weighted by atomic mass is 35.5. The summed E-state index contributed by atoms with van der Waals surface area (Å²) in [5.41, 5.74) is 0.487. The van der Waals surface area contributed by atoms with Crippen LogP contribution in [0, 0.1) is 0 Å². The van der Waals surface area contributed by atoms with E-state index in [0.29, 0.717) is 30.0 Å². The quantitative estimate of drug-likeness (QED) is 0.581. The predicted molar refractivity (Wildman–Crippen MR) is 120 cm³/mol. The summed E-state index contributed by atoms with van der Waals surface area (Å²) in [5.74, 6) is -0.0335. The highest BCUT2D eigenvalue weighted by Gasteiger charge is 2.39. The van der Waals surface area contributed by atoms with Gasteiger partial charge in [0.2, 0.25) is 15.9 Å². The number of hydrogen-bond acceptors (Lipinski definition) is 6. The molecule has 9 nitrogen and oxygen atoms in total. The van der Waals surface area contributed by atoms with Crippen molar-refractivity contribution in [1.82, 2.24) is 14.9 Å². The number of halogens is 1. The van der Waals surface area contributed by atoms with E-state index < -0.39 is 26.1 Å². The second kappa shape index (κ2) is 8.81. The fraction of sp³-hybridized carbons (Fsp3) is 0.300. The van der Waals surface area contributed by atoms with Crippen molar-refractivity contribution in [2.75, 3.05) is 19.6 Å². The SMILES string of the molecule is O=C(NCCNS(=O)(=O)c1cccc(Cl)c1)[C@@H]1CCCN1C1=NS(=O)(=O)c2ccccc21. The van der Waals surface area contributed by atoms with Gasteiger partial charge in [0.1, 0.15) is 10.9 Å². The molecule has 2 heterocycles. The minimum atomic E-state index is -3.78. The van der Waals surface area contributed by atoms with Gasteiger partial charge in [0.05, 0.1) is 4.90 Å². The number of amides is 1. The predicted octanol–water partition coefficient (Wildman–Crippen LogP) is 1.35. The molecule has 1 amide bonds. The Morgan fingerprint density at radius 3 is 2.72 bits per heavy atom. The summed E-state index contributed by atoms with van der Waals surface area (Å²) in [6, 6.07) is 11.8. The lowest BCUT2D eigenvalue weighted by atomic mass is 10.1. The van der Waals surface area contributed by atoms with Gasteiger partial charge in [0.15, 0.2) is 5.84 Å². The Morgan fingerprint density at radius 1 is 1.16 bits per heavy atom. The van der Waals surface area contributed by atoms with E-state index in [1.807, 2.05) is 0 Å². The maximum absolute atomic E-state index is 12.8. The van der Waals surface area contributed by atoms with Crippen LogP contribution in [-0.2, 0) is 24.8 Å². The number of fused-ring (bicyclic) bond motifs is 1. The number of nitrogens with zero attached hydrogens (tertiary/aromatic N) is 2. The molecule has 0 aliphatic carbocycles. The molecule has 0 aromatic heterocycles. The molecule has 1 atom stereocenters. The lowest BCUT2D eigenvalue weighted by Gasteiger charge is -2.25. The molecule has 12 heteroatoms. The van der Waals surface area contributed by atoms with E-state index >= 15 is 0 Å². The van der Waals surface area contributed by atoms with Gasteiger partial charge < -0.3 is 10.2 Å². The Labute approximate surface area is 191 Å². The normalized spacial score (nSPS) is 19.5. The van der Waals surface area contributed by atoms with Crippen LogP contribution in [0.25, 0.3) is 0 Å². The van der Waals surface area contributed by atoms with Crippen LogP contribution < -0.4 is 10.0 Å². The first-order valence-electron chi connectivity index (χ1n) is 9.93. The maximum atomic E-state index is 12.8. The average Bonchev–Trinajstić information content (AvgIpc) is 3.34. The lowest BCUT2D eigenvalue weighted by molar-refractivity contribution is -0.124. The van der Waals surface area contributed by atoms with Gasteiger partial charge in [-0.15, -0.1) is 4.40 Å². The van der Waals surface area contributed by atoms with Crippen molar-refractivity contribution in [1.29, 1.82) is 0 Å². The Hall–Kier alpha value is -2.47. The summed E-state index contributed by atoms with van der Waals surface area (Å²) in [6.07, 6.45) is 1.25. The number of nitrogens with one attached hydrogen (secondary N) is 2. The summed E-state index contributed by atoms with van der Waals surface area (Å²) in [7, 11) is -7.53. The van der Waals surface area contributed by atoms with Gasteiger partial charge in [-0.25, -0.2) is 13.1 Å². The largest absolute Gasteiger partial charge is 0.353 e. The number of rotatable bonds is 6. The topological polar surface area (TPSA) is 125 Å². The second-order valence-electron chi connectivity index (χ2n) is 7.38. The van der Waals surface area contributed by atoms with E-state index in [2.05, 4.69) is 14.4 Å². The van der Waals surface area contributed by atoms with Crippen molar-refractivity contribution in [3.05, 3.63) is 59.1 Å². The van der Waals surface area contributed by atoms with Crippen LogP contribution in [0.1, 0.15) is 18.4 Å².